The van der Waals surface area contributed by atoms with Gasteiger partial charge in [-0.1, -0.05) is 45.1 Å². The van der Waals surface area contributed by atoms with E-state index >= 15 is 0 Å². The summed E-state index contributed by atoms with van der Waals surface area (Å²) in [6.07, 6.45) is 13.3. The molecule has 1 aromatic carbocycles. The lowest BCUT2D eigenvalue weighted by Gasteiger charge is -2.19. The van der Waals surface area contributed by atoms with Gasteiger partial charge in [0.05, 0.1) is 11.4 Å². The topological polar surface area (TPSA) is 70.5 Å². The molecule has 2 heterocycles. The maximum atomic E-state index is 8.00. The second kappa shape index (κ2) is 13.7. The number of imidazole rings is 1. The predicted octanol–water partition coefficient (Wildman–Crippen LogP) is 6.17. The molecule has 3 aromatic rings. The summed E-state index contributed by atoms with van der Waals surface area (Å²) in [7, 11) is 1.90. The number of aromatic nitrogens is 2. The van der Waals surface area contributed by atoms with Crippen LogP contribution >= 0.6 is 0 Å². The molecule has 6 heteroatoms. The van der Waals surface area contributed by atoms with Crippen molar-refractivity contribution in [2.45, 2.75) is 46.1 Å². The molecule has 0 aliphatic rings. The maximum Gasteiger partial charge on any atom is 0.161 e. The lowest BCUT2D eigenvalue weighted by atomic mass is 10.1. The Kier molecular flexibility index (Phi) is 10.6. The van der Waals surface area contributed by atoms with Gasteiger partial charge in [0, 0.05) is 36.9 Å². The average molecular weight is 460 g/mol. The number of nitrogens with one attached hydrogen (secondary N) is 3. The van der Waals surface area contributed by atoms with Gasteiger partial charge in [-0.15, -0.1) is 0 Å². The van der Waals surface area contributed by atoms with Gasteiger partial charge >= 0.3 is 0 Å². The first-order chi connectivity index (χ1) is 16.6. The van der Waals surface area contributed by atoms with Gasteiger partial charge in [0.1, 0.15) is 6.79 Å². The fraction of sp³-hybridized carbons (Fsp3) is 0.286. The number of benzene rings is 1. The van der Waals surface area contributed by atoms with Crippen LogP contribution in [0.4, 0.5) is 11.4 Å². The van der Waals surface area contributed by atoms with Crippen LogP contribution in [0.5, 0.6) is 0 Å². The van der Waals surface area contributed by atoms with E-state index in [-0.39, 0.29) is 0 Å². The highest BCUT2D eigenvalue weighted by atomic mass is 16.1. The Morgan fingerprint density at radius 2 is 1.88 bits per heavy atom. The highest BCUT2D eigenvalue weighted by Crippen LogP contribution is 2.26. The van der Waals surface area contributed by atoms with Gasteiger partial charge in [0.25, 0.3) is 0 Å². The van der Waals surface area contributed by atoms with Crippen LogP contribution in [0.2, 0.25) is 0 Å². The number of allylic oxidation sites excluding steroid dienone is 3. The summed E-state index contributed by atoms with van der Waals surface area (Å²) < 4.78 is 2.11. The normalized spacial score (nSPS) is 12.2. The highest BCUT2D eigenvalue weighted by molar-refractivity contribution is 5.80. The van der Waals surface area contributed by atoms with E-state index in [1.807, 2.05) is 39.4 Å². The zero-order chi connectivity index (χ0) is 24.9. The summed E-state index contributed by atoms with van der Waals surface area (Å²) in [5.74, 6) is 0. The van der Waals surface area contributed by atoms with E-state index in [4.69, 9.17) is 4.79 Å². The van der Waals surface area contributed by atoms with E-state index in [2.05, 4.69) is 94.3 Å². The van der Waals surface area contributed by atoms with Gasteiger partial charge in [-0.05, 0) is 67.4 Å². The van der Waals surface area contributed by atoms with Crippen molar-refractivity contribution in [3.8, 4) is 0 Å². The number of carbonyl (C=O) groups excluding carboxylic acids is 1. The Balaban J connectivity index is 0.00000199. The molecule has 0 saturated carbocycles. The molecule has 34 heavy (non-hydrogen) atoms. The Morgan fingerprint density at radius 1 is 1.15 bits per heavy atom. The third-order valence-corrected chi connectivity index (χ3v) is 5.61. The lowest BCUT2D eigenvalue weighted by molar-refractivity contribution is -0.0979. The molecule has 0 saturated heterocycles. The lowest BCUT2D eigenvalue weighted by Crippen LogP contribution is -2.26. The fourth-order valence-corrected chi connectivity index (χ4v) is 3.82. The molecule has 1 unspecified atom stereocenters. The molecule has 1 atom stereocenters. The molecule has 3 N–H and O–H groups in total. The van der Waals surface area contributed by atoms with Crippen LogP contribution in [0.15, 0.2) is 73.7 Å². The van der Waals surface area contributed by atoms with E-state index < -0.39 is 0 Å². The number of rotatable bonds is 11. The van der Waals surface area contributed by atoms with Crippen LogP contribution in [-0.4, -0.2) is 29.3 Å². The third-order valence-electron chi connectivity index (χ3n) is 5.61. The molecule has 2 aromatic heterocycles. The molecule has 0 aliphatic carbocycles. The third kappa shape index (κ3) is 6.61. The molecule has 0 spiro atoms. The van der Waals surface area contributed by atoms with Gasteiger partial charge in [0.15, 0.2) is 5.65 Å². The van der Waals surface area contributed by atoms with E-state index in [0.29, 0.717) is 6.04 Å². The van der Waals surface area contributed by atoms with Crippen molar-refractivity contribution < 1.29 is 4.79 Å². The van der Waals surface area contributed by atoms with Crippen LogP contribution < -0.4 is 16.0 Å². The number of carbonyl (C=O) groups is 1. The second-order valence-corrected chi connectivity index (χ2v) is 7.84. The average Bonchev–Trinajstić information content (AvgIpc) is 3.37. The molecule has 0 fully saturated rings. The molecular formula is C28H37N5O. The molecule has 6 nitrogen and oxygen atoms in total. The van der Waals surface area contributed by atoms with Crippen LogP contribution in [0.3, 0.4) is 0 Å². The minimum Gasteiger partial charge on any atom is -0.394 e. The standard InChI is InChI=1S/C27H35N5.CH2O/c1-6-9-23(8-3)30-20(4)22-10-12-24(13-11-22)31-25-14-15-26(21(7-2)16-17-28-5)32-19-18-29-27(25)32;1-2/h7,10-19,23,28,30-31H,4,6,8-9H2,1-3,5H3;1H2/b17-16-,21-7+;. The van der Waals surface area contributed by atoms with Crippen molar-refractivity contribution in [1.29, 1.82) is 0 Å². The van der Waals surface area contributed by atoms with Crippen LogP contribution in [0, 0.1) is 0 Å². The van der Waals surface area contributed by atoms with E-state index in [1.165, 1.54) is 6.42 Å². The number of nitrogens with zero attached hydrogens (tertiary/aromatic N) is 2. The van der Waals surface area contributed by atoms with Crippen molar-refractivity contribution in [3.05, 3.63) is 85.0 Å². The fourth-order valence-electron chi connectivity index (χ4n) is 3.82. The van der Waals surface area contributed by atoms with Crippen molar-refractivity contribution in [2.24, 2.45) is 0 Å². The Hall–Kier alpha value is -3.80. The number of anilines is 2. The SMILES string of the molecule is C=C(NC(CC)CCC)c1ccc(Nc2ccc(C(/C=C\NC)=C/C)n3ccnc23)cc1.C=O. The molecule has 0 radical (unpaired) electrons. The zero-order valence-corrected chi connectivity index (χ0v) is 20.8. The molecular weight excluding hydrogens is 422 g/mol. The largest absolute Gasteiger partial charge is 0.394 e. The Labute approximate surface area is 203 Å². The van der Waals surface area contributed by atoms with Gasteiger partial charge in [-0.2, -0.15) is 0 Å². The quantitative estimate of drug-likeness (QED) is 0.299. The van der Waals surface area contributed by atoms with E-state index in [0.717, 1.165) is 52.4 Å². The van der Waals surface area contributed by atoms with Crippen LogP contribution in [-0.2, 0) is 4.79 Å². The molecule has 0 bridgehead atoms. The predicted molar refractivity (Wildman–Crippen MR) is 145 cm³/mol. The zero-order valence-electron chi connectivity index (χ0n) is 20.8. The number of pyridine rings is 1. The summed E-state index contributed by atoms with van der Waals surface area (Å²) in [5, 5.41) is 10.1. The summed E-state index contributed by atoms with van der Waals surface area (Å²) in [5.41, 5.74) is 7.17. The Morgan fingerprint density at radius 3 is 2.50 bits per heavy atom. The summed E-state index contributed by atoms with van der Waals surface area (Å²) in [6, 6.07) is 13.1. The highest BCUT2D eigenvalue weighted by Gasteiger charge is 2.10. The van der Waals surface area contributed by atoms with Crippen molar-refractivity contribution in [2.75, 3.05) is 12.4 Å². The molecule has 0 aliphatic heterocycles. The van der Waals surface area contributed by atoms with Crippen LogP contribution in [0.25, 0.3) is 16.9 Å². The summed E-state index contributed by atoms with van der Waals surface area (Å²) >= 11 is 0. The molecule has 0 amide bonds. The minimum absolute atomic E-state index is 0.475. The molecule has 3 rings (SSSR count). The van der Waals surface area contributed by atoms with Gasteiger partial charge in [0.2, 0.25) is 0 Å². The van der Waals surface area contributed by atoms with Crippen molar-refractivity contribution in [3.63, 3.8) is 0 Å². The van der Waals surface area contributed by atoms with E-state index in [1.54, 1.807) is 0 Å². The van der Waals surface area contributed by atoms with Gasteiger partial charge < -0.3 is 20.7 Å². The smallest absolute Gasteiger partial charge is 0.161 e. The first-order valence-corrected chi connectivity index (χ1v) is 11.7. The van der Waals surface area contributed by atoms with Gasteiger partial charge in [-0.3, -0.25) is 4.40 Å². The summed E-state index contributed by atoms with van der Waals surface area (Å²) in [4.78, 5) is 12.6. The number of hydrogen-bond acceptors (Lipinski definition) is 5. The second-order valence-electron chi connectivity index (χ2n) is 7.84. The first kappa shape index (κ1) is 26.5. The van der Waals surface area contributed by atoms with Crippen LogP contribution in [0.1, 0.15) is 51.3 Å². The minimum atomic E-state index is 0.475. The maximum absolute atomic E-state index is 8.00. The summed E-state index contributed by atoms with van der Waals surface area (Å²) in [6.45, 7) is 12.7. The number of hydrogen-bond donors (Lipinski definition) is 3. The van der Waals surface area contributed by atoms with Crippen molar-refractivity contribution in [1.82, 2.24) is 20.0 Å². The first-order valence-electron chi connectivity index (χ1n) is 11.7. The molecule has 180 valence electrons. The van der Waals surface area contributed by atoms with E-state index in [9.17, 15) is 0 Å². The number of fused-ring (bicyclic) bond motifs is 1. The Bertz CT molecular complexity index is 1110. The van der Waals surface area contributed by atoms with Crippen molar-refractivity contribution >= 4 is 35.1 Å². The van der Waals surface area contributed by atoms with Gasteiger partial charge in [-0.25, -0.2) is 4.98 Å². The monoisotopic (exact) mass is 459 g/mol.